The van der Waals surface area contributed by atoms with Crippen LogP contribution in [0.1, 0.15) is 37.6 Å². The van der Waals surface area contributed by atoms with Crippen molar-refractivity contribution in [1.82, 2.24) is 4.98 Å². The highest BCUT2D eigenvalue weighted by Gasteiger charge is 2.27. The molecule has 1 aliphatic carbocycles. The van der Waals surface area contributed by atoms with Crippen LogP contribution in [0.2, 0.25) is 0 Å². The van der Waals surface area contributed by atoms with Gasteiger partial charge in [-0.05, 0) is 44.7 Å². The van der Waals surface area contributed by atoms with Crippen LogP contribution >= 0.6 is 0 Å². The Morgan fingerprint density at radius 2 is 2.25 bits per heavy atom. The molecule has 1 fully saturated rings. The molecule has 1 N–H and O–H groups in total. The number of pyridine rings is 1. The zero-order valence-electron chi connectivity index (χ0n) is 9.94. The number of aliphatic hydroxyl groups is 1. The molecular formula is C13H19NO2. The Morgan fingerprint density at radius 3 is 2.88 bits per heavy atom. The third-order valence-electron chi connectivity index (χ3n) is 3.10. The maximum Gasteiger partial charge on any atom is 0.141 e. The van der Waals surface area contributed by atoms with Crippen LogP contribution in [-0.4, -0.2) is 22.3 Å². The number of hydrogen-bond acceptors (Lipinski definition) is 3. The van der Waals surface area contributed by atoms with E-state index < -0.39 is 0 Å². The van der Waals surface area contributed by atoms with Crippen LogP contribution in [0.25, 0.3) is 0 Å². The Hall–Kier alpha value is -1.09. The molecular weight excluding hydrogens is 202 g/mol. The minimum Gasteiger partial charge on any atom is -0.486 e. The highest BCUT2D eigenvalue weighted by atomic mass is 16.5. The maximum absolute atomic E-state index is 9.72. The molecule has 0 radical (unpaired) electrons. The molecule has 2 rings (SSSR count). The van der Waals surface area contributed by atoms with E-state index in [9.17, 15) is 5.11 Å². The van der Waals surface area contributed by atoms with Crippen molar-refractivity contribution in [2.75, 3.05) is 0 Å². The lowest BCUT2D eigenvalue weighted by molar-refractivity contribution is 0.0595. The Kier molecular flexibility index (Phi) is 3.44. The van der Waals surface area contributed by atoms with Gasteiger partial charge >= 0.3 is 0 Å². The van der Waals surface area contributed by atoms with Crippen LogP contribution in [0, 0.1) is 6.92 Å². The molecule has 0 spiro atoms. The first-order valence-electron chi connectivity index (χ1n) is 6.02. The summed E-state index contributed by atoms with van der Waals surface area (Å²) < 4.78 is 5.85. The first kappa shape index (κ1) is 11.4. The lowest BCUT2D eigenvalue weighted by Crippen LogP contribution is -2.26. The minimum atomic E-state index is -0.314. The van der Waals surface area contributed by atoms with E-state index in [-0.39, 0.29) is 12.2 Å². The topological polar surface area (TPSA) is 42.4 Å². The number of aliphatic hydroxyl groups excluding tert-OH is 1. The van der Waals surface area contributed by atoms with Crippen molar-refractivity contribution in [3.8, 4) is 5.75 Å². The molecule has 1 aromatic rings. The summed E-state index contributed by atoms with van der Waals surface area (Å²) in [6, 6.07) is 3.92. The fourth-order valence-corrected chi connectivity index (χ4v) is 2.17. The monoisotopic (exact) mass is 221 g/mol. The van der Waals surface area contributed by atoms with E-state index in [4.69, 9.17) is 4.74 Å². The highest BCUT2D eigenvalue weighted by molar-refractivity contribution is 5.29. The number of rotatable bonds is 3. The quantitative estimate of drug-likeness (QED) is 0.851. The molecule has 16 heavy (non-hydrogen) atoms. The summed E-state index contributed by atoms with van der Waals surface area (Å²) in [4.78, 5) is 4.45. The van der Waals surface area contributed by atoms with Crippen LogP contribution in [0.15, 0.2) is 12.1 Å². The largest absolute Gasteiger partial charge is 0.486 e. The molecule has 0 amide bonds. The number of aromatic nitrogens is 1. The lowest BCUT2D eigenvalue weighted by atomic mass is 10.2. The summed E-state index contributed by atoms with van der Waals surface area (Å²) in [5, 5.41) is 9.72. The van der Waals surface area contributed by atoms with E-state index in [1.54, 1.807) is 0 Å². The second kappa shape index (κ2) is 4.83. The van der Waals surface area contributed by atoms with Crippen molar-refractivity contribution in [1.29, 1.82) is 0 Å². The van der Waals surface area contributed by atoms with E-state index in [2.05, 4.69) is 11.9 Å². The molecule has 1 heterocycles. The summed E-state index contributed by atoms with van der Waals surface area (Å²) in [6.45, 7) is 4.05. The maximum atomic E-state index is 9.72. The van der Waals surface area contributed by atoms with Gasteiger partial charge in [0.1, 0.15) is 11.9 Å². The summed E-state index contributed by atoms with van der Waals surface area (Å²) in [7, 11) is 0. The molecule has 1 aliphatic rings. The van der Waals surface area contributed by atoms with Gasteiger partial charge < -0.3 is 9.84 Å². The minimum absolute atomic E-state index is 0.0465. The summed E-state index contributed by atoms with van der Waals surface area (Å²) in [5.74, 6) is 0.832. The number of aryl methyl sites for hydroxylation is 2. The SMILES string of the molecule is CCc1nc(C)ccc1O[C@@H]1CCC[C@H]1O. The van der Waals surface area contributed by atoms with Gasteiger partial charge in [-0.2, -0.15) is 0 Å². The normalized spacial score (nSPS) is 24.7. The summed E-state index contributed by atoms with van der Waals surface area (Å²) in [6.07, 6.45) is 3.34. The molecule has 0 saturated heterocycles. The van der Waals surface area contributed by atoms with Gasteiger partial charge in [-0.1, -0.05) is 6.92 Å². The van der Waals surface area contributed by atoms with Crippen molar-refractivity contribution in [2.24, 2.45) is 0 Å². The zero-order valence-corrected chi connectivity index (χ0v) is 9.94. The number of ether oxygens (including phenoxy) is 1. The lowest BCUT2D eigenvalue weighted by Gasteiger charge is -2.18. The van der Waals surface area contributed by atoms with Crippen LogP contribution < -0.4 is 4.74 Å². The molecule has 3 heteroatoms. The fourth-order valence-electron chi connectivity index (χ4n) is 2.17. The summed E-state index contributed by atoms with van der Waals surface area (Å²) in [5.41, 5.74) is 2.00. The van der Waals surface area contributed by atoms with Gasteiger partial charge in [-0.15, -0.1) is 0 Å². The molecule has 0 unspecified atom stereocenters. The molecule has 0 bridgehead atoms. The van der Waals surface area contributed by atoms with E-state index >= 15 is 0 Å². The van der Waals surface area contributed by atoms with Crippen molar-refractivity contribution in [3.05, 3.63) is 23.5 Å². The molecule has 2 atom stereocenters. The van der Waals surface area contributed by atoms with E-state index in [0.717, 1.165) is 42.8 Å². The smallest absolute Gasteiger partial charge is 0.141 e. The molecule has 88 valence electrons. The Morgan fingerprint density at radius 1 is 1.44 bits per heavy atom. The zero-order chi connectivity index (χ0) is 11.5. The number of hydrogen-bond donors (Lipinski definition) is 1. The second-order valence-electron chi connectivity index (χ2n) is 4.41. The van der Waals surface area contributed by atoms with E-state index in [1.807, 2.05) is 19.1 Å². The standard InChI is InChI=1S/C13H19NO2/c1-3-10-12(8-7-9(2)14-10)16-13-6-4-5-11(13)15/h7-8,11,13,15H,3-6H2,1-2H3/t11-,13-/m1/s1. The van der Waals surface area contributed by atoms with Crippen molar-refractivity contribution < 1.29 is 9.84 Å². The van der Waals surface area contributed by atoms with Crippen LogP contribution in [0.3, 0.4) is 0 Å². The van der Waals surface area contributed by atoms with Crippen molar-refractivity contribution in [2.45, 2.75) is 51.7 Å². The van der Waals surface area contributed by atoms with Gasteiger partial charge in [-0.3, -0.25) is 4.98 Å². The first-order valence-corrected chi connectivity index (χ1v) is 6.02. The van der Waals surface area contributed by atoms with Crippen molar-refractivity contribution >= 4 is 0 Å². The third-order valence-corrected chi connectivity index (χ3v) is 3.10. The van der Waals surface area contributed by atoms with Crippen LogP contribution in [0.5, 0.6) is 5.75 Å². The molecule has 3 nitrogen and oxygen atoms in total. The van der Waals surface area contributed by atoms with Gasteiger partial charge in [0.25, 0.3) is 0 Å². The Balaban J connectivity index is 2.14. The van der Waals surface area contributed by atoms with Gasteiger partial charge in [0, 0.05) is 5.69 Å². The molecule has 0 aliphatic heterocycles. The summed E-state index contributed by atoms with van der Waals surface area (Å²) >= 11 is 0. The predicted molar refractivity (Wildman–Crippen MR) is 62.6 cm³/mol. The molecule has 1 aromatic heterocycles. The number of nitrogens with zero attached hydrogens (tertiary/aromatic N) is 1. The van der Waals surface area contributed by atoms with Gasteiger partial charge in [0.15, 0.2) is 0 Å². The first-order chi connectivity index (χ1) is 7.70. The Labute approximate surface area is 96.5 Å². The fraction of sp³-hybridized carbons (Fsp3) is 0.615. The van der Waals surface area contributed by atoms with Gasteiger partial charge in [0.2, 0.25) is 0 Å². The van der Waals surface area contributed by atoms with Crippen LogP contribution in [-0.2, 0) is 6.42 Å². The van der Waals surface area contributed by atoms with Gasteiger partial charge in [-0.25, -0.2) is 0 Å². The highest BCUT2D eigenvalue weighted by Crippen LogP contribution is 2.26. The molecule has 0 aromatic carbocycles. The van der Waals surface area contributed by atoms with E-state index in [0.29, 0.717) is 0 Å². The average Bonchev–Trinajstić information content (AvgIpc) is 2.67. The predicted octanol–water partition coefficient (Wildman–Crippen LogP) is 2.24. The van der Waals surface area contributed by atoms with Crippen molar-refractivity contribution in [3.63, 3.8) is 0 Å². The Bertz CT molecular complexity index is 365. The second-order valence-corrected chi connectivity index (χ2v) is 4.41. The third kappa shape index (κ3) is 2.35. The van der Waals surface area contributed by atoms with E-state index in [1.165, 1.54) is 0 Å². The molecule has 1 saturated carbocycles. The van der Waals surface area contributed by atoms with Crippen LogP contribution in [0.4, 0.5) is 0 Å². The van der Waals surface area contributed by atoms with Gasteiger partial charge in [0.05, 0.1) is 11.8 Å². The average molecular weight is 221 g/mol.